The first-order valence-corrected chi connectivity index (χ1v) is 8.12. The zero-order chi connectivity index (χ0) is 14.8. The number of aliphatic hydroxyl groups excluding tert-OH is 2. The Labute approximate surface area is 117 Å². The van der Waals surface area contributed by atoms with E-state index in [2.05, 4.69) is 0 Å². The van der Waals surface area contributed by atoms with Crippen molar-refractivity contribution in [2.75, 3.05) is 24.7 Å². The largest absolute Gasteiger partial charge is 0.395 e. The molecule has 0 saturated carbocycles. The predicted molar refractivity (Wildman–Crippen MR) is 73.0 cm³/mol. The molecule has 1 fully saturated rings. The Hall–Kier alpha value is -1.44. The van der Waals surface area contributed by atoms with Gasteiger partial charge >= 0.3 is 0 Å². The lowest BCUT2D eigenvalue weighted by Gasteiger charge is -2.29. The van der Waals surface area contributed by atoms with Crippen molar-refractivity contribution in [3.8, 4) is 0 Å². The maximum atomic E-state index is 12.4. The number of carbonyl (C=O) groups excluding carboxylic acids is 1. The van der Waals surface area contributed by atoms with Crippen molar-refractivity contribution in [2.24, 2.45) is 0 Å². The van der Waals surface area contributed by atoms with Crippen LogP contribution in [0.4, 0.5) is 0 Å². The van der Waals surface area contributed by atoms with Gasteiger partial charge in [-0.2, -0.15) is 0 Å². The summed E-state index contributed by atoms with van der Waals surface area (Å²) in [5, 5.41) is 18.9. The van der Waals surface area contributed by atoms with Gasteiger partial charge in [0.1, 0.15) is 0 Å². The highest BCUT2D eigenvalue weighted by Gasteiger charge is 2.41. The molecule has 7 heteroatoms. The number of benzene rings is 1. The van der Waals surface area contributed by atoms with Gasteiger partial charge in [0.2, 0.25) is 0 Å². The average Bonchev–Trinajstić information content (AvgIpc) is 2.69. The zero-order valence-corrected chi connectivity index (χ0v) is 11.7. The van der Waals surface area contributed by atoms with Gasteiger partial charge in [-0.25, -0.2) is 8.42 Å². The first-order valence-electron chi connectivity index (χ1n) is 6.30. The third-order valence-corrected chi connectivity index (χ3v) is 5.02. The van der Waals surface area contributed by atoms with Crippen molar-refractivity contribution in [1.82, 2.24) is 4.90 Å². The molecule has 0 spiro atoms. The Balaban J connectivity index is 2.26. The van der Waals surface area contributed by atoms with Gasteiger partial charge in [0.05, 0.1) is 30.3 Å². The molecule has 0 aromatic heterocycles. The van der Waals surface area contributed by atoms with Crippen LogP contribution in [-0.4, -0.2) is 66.2 Å². The fourth-order valence-corrected chi connectivity index (χ4v) is 4.18. The van der Waals surface area contributed by atoms with Crippen molar-refractivity contribution in [2.45, 2.75) is 12.1 Å². The molecule has 2 atom stereocenters. The van der Waals surface area contributed by atoms with E-state index in [0.29, 0.717) is 5.56 Å². The molecule has 1 aromatic carbocycles. The number of sulfone groups is 1. The minimum atomic E-state index is -3.35. The molecule has 110 valence electrons. The Morgan fingerprint density at radius 3 is 2.40 bits per heavy atom. The van der Waals surface area contributed by atoms with Gasteiger partial charge in [-0.3, -0.25) is 4.79 Å². The molecule has 1 aromatic rings. The maximum absolute atomic E-state index is 12.4. The molecule has 0 bridgehead atoms. The number of hydrogen-bond acceptors (Lipinski definition) is 5. The molecule has 1 aliphatic rings. The highest BCUT2D eigenvalue weighted by molar-refractivity contribution is 7.91. The van der Waals surface area contributed by atoms with Crippen LogP contribution in [0.15, 0.2) is 30.3 Å². The molecular weight excluding hydrogens is 282 g/mol. The molecule has 2 rings (SSSR count). The molecule has 2 N–H and O–H groups in total. The standard InChI is InChI=1S/C13H17NO5S/c15-7-6-14(11-8-20(18,19)9-12(11)16)13(17)10-4-2-1-3-5-10/h1-5,11-12,15-16H,6-9H2. The summed E-state index contributed by atoms with van der Waals surface area (Å²) in [6.45, 7) is -0.299. The Kier molecular flexibility index (Phi) is 4.42. The van der Waals surface area contributed by atoms with Crippen molar-refractivity contribution < 1.29 is 23.4 Å². The SMILES string of the molecule is O=C(c1ccccc1)N(CCO)C1CS(=O)(=O)CC1O. The van der Waals surface area contributed by atoms with Gasteiger partial charge in [0.25, 0.3) is 5.91 Å². The minimum absolute atomic E-state index is 0.00895. The fourth-order valence-electron chi connectivity index (χ4n) is 2.38. The molecule has 2 unspecified atom stereocenters. The van der Waals surface area contributed by atoms with Crippen LogP contribution in [-0.2, 0) is 9.84 Å². The van der Waals surface area contributed by atoms with Gasteiger partial charge in [-0.15, -0.1) is 0 Å². The maximum Gasteiger partial charge on any atom is 0.254 e. The second-order valence-electron chi connectivity index (χ2n) is 4.80. The second-order valence-corrected chi connectivity index (χ2v) is 6.95. The summed E-state index contributed by atoms with van der Waals surface area (Å²) in [6, 6.07) is 7.59. The normalized spacial score (nSPS) is 24.5. The van der Waals surface area contributed by atoms with Crippen LogP contribution in [0.2, 0.25) is 0 Å². The summed E-state index contributed by atoms with van der Waals surface area (Å²) in [7, 11) is -3.35. The van der Waals surface area contributed by atoms with Gasteiger partial charge in [-0.1, -0.05) is 18.2 Å². The second kappa shape index (κ2) is 5.90. The molecule has 1 heterocycles. The first-order chi connectivity index (χ1) is 9.44. The van der Waals surface area contributed by atoms with Crippen LogP contribution in [0, 0.1) is 0 Å². The van der Waals surface area contributed by atoms with Crippen molar-refractivity contribution in [1.29, 1.82) is 0 Å². The quantitative estimate of drug-likeness (QED) is 0.765. The van der Waals surface area contributed by atoms with Crippen LogP contribution in [0.25, 0.3) is 0 Å². The van der Waals surface area contributed by atoms with Gasteiger partial charge in [0, 0.05) is 12.1 Å². The van der Waals surface area contributed by atoms with Gasteiger partial charge in [0.15, 0.2) is 9.84 Å². The summed E-state index contributed by atoms with van der Waals surface area (Å²) >= 11 is 0. The van der Waals surface area contributed by atoms with E-state index in [-0.39, 0.29) is 30.6 Å². The monoisotopic (exact) mass is 299 g/mol. The molecule has 1 aliphatic heterocycles. The van der Waals surface area contributed by atoms with Crippen LogP contribution in [0.5, 0.6) is 0 Å². The summed E-state index contributed by atoms with van der Waals surface area (Å²) < 4.78 is 23.1. The van der Waals surface area contributed by atoms with Crippen LogP contribution in [0.1, 0.15) is 10.4 Å². The van der Waals surface area contributed by atoms with E-state index in [9.17, 15) is 18.3 Å². The van der Waals surface area contributed by atoms with E-state index in [4.69, 9.17) is 5.11 Å². The molecule has 0 aliphatic carbocycles. The van der Waals surface area contributed by atoms with Crippen LogP contribution in [0.3, 0.4) is 0 Å². The molecule has 20 heavy (non-hydrogen) atoms. The minimum Gasteiger partial charge on any atom is -0.395 e. The molecule has 6 nitrogen and oxygen atoms in total. The molecule has 0 radical (unpaired) electrons. The molecule has 1 amide bonds. The van der Waals surface area contributed by atoms with Gasteiger partial charge < -0.3 is 15.1 Å². The topological polar surface area (TPSA) is 94.9 Å². The lowest BCUT2D eigenvalue weighted by atomic mass is 10.1. The molecular formula is C13H17NO5S. The highest BCUT2D eigenvalue weighted by Crippen LogP contribution is 2.20. The average molecular weight is 299 g/mol. The summed E-state index contributed by atoms with van der Waals surface area (Å²) in [6.07, 6.45) is -1.11. The van der Waals surface area contributed by atoms with E-state index in [1.54, 1.807) is 30.3 Å². The number of amides is 1. The number of aliphatic hydroxyl groups is 2. The number of rotatable bonds is 4. The first kappa shape index (κ1) is 15.0. The number of hydrogen-bond donors (Lipinski definition) is 2. The van der Waals surface area contributed by atoms with E-state index in [1.807, 2.05) is 0 Å². The smallest absolute Gasteiger partial charge is 0.254 e. The van der Waals surface area contributed by atoms with Crippen molar-refractivity contribution in [3.05, 3.63) is 35.9 Å². The number of nitrogens with zero attached hydrogens (tertiary/aromatic N) is 1. The summed E-state index contributed by atoms with van der Waals surface area (Å²) in [5.41, 5.74) is 0.400. The van der Waals surface area contributed by atoms with Crippen molar-refractivity contribution >= 4 is 15.7 Å². The number of carbonyl (C=O) groups is 1. The Morgan fingerprint density at radius 2 is 1.90 bits per heavy atom. The zero-order valence-electron chi connectivity index (χ0n) is 10.8. The summed E-state index contributed by atoms with van der Waals surface area (Å²) in [4.78, 5) is 13.6. The lowest BCUT2D eigenvalue weighted by Crippen LogP contribution is -2.48. The van der Waals surface area contributed by atoms with Gasteiger partial charge in [-0.05, 0) is 12.1 Å². The fraction of sp³-hybridized carbons (Fsp3) is 0.462. The van der Waals surface area contributed by atoms with E-state index < -0.39 is 22.0 Å². The summed E-state index contributed by atoms with van der Waals surface area (Å²) in [5.74, 6) is -1.00. The Bertz CT molecular complexity index is 572. The highest BCUT2D eigenvalue weighted by atomic mass is 32.2. The third-order valence-electron chi connectivity index (χ3n) is 3.32. The lowest BCUT2D eigenvalue weighted by molar-refractivity contribution is 0.0451. The molecule has 1 saturated heterocycles. The Morgan fingerprint density at radius 1 is 1.25 bits per heavy atom. The van der Waals surface area contributed by atoms with Crippen LogP contribution < -0.4 is 0 Å². The predicted octanol–water partition coefficient (Wildman–Crippen LogP) is -0.721. The van der Waals surface area contributed by atoms with Crippen molar-refractivity contribution in [3.63, 3.8) is 0 Å². The third kappa shape index (κ3) is 3.17. The van der Waals surface area contributed by atoms with E-state index >= 15 is 0 Å². The van der Waals surface area contributed by atoms with Crippen LogP contribution >= 0.6 is 0 Å². The van der Waals surface area contributed by atoms with E-state index in [1.165, 1.54) is 4.90 Å². The van der Waals surface area contributed by atoms with E-state index in [0.717, 1.165) is 0 Å².